The first-order chi connectivity index (χ1) is 12.9. The molecule has 6 nitrogen and oxygen atoms in total. The van der Waals surface area contributed by atoms with Crippen molar-refractivity contribution < 1.29 is 19.2 Å². The van der Waals surface area contributed by atoms with Gasteiger partial charge in [0.15, 0.2) is 5.78 Å². The van der Waals surface area contributed by atoms with Crippen LogP contribution in [0.2, 0.25) is 0 Å². The van der Waals surface area contributed by atoms with Crippen LogP contribution in [-0.2, 0) is 16.0 Å². The van der Waals surface area contributed by atoms with E-state index in [0.29, 0.717) is 30.4 Å². The standard InChI is InChI=1S/C21H20N2O4/c1-21(18(25)22-20(27)23-19(21)26)13-5-6-14-9-11-16(12-10-14)17(24)15-7-3-2-4-8-15/h2-4,7-12H,5-6,13H2,1H3,(H2,22,23,25,26,27). The molecule has 0 unspecified atom stereocenters. The Hall–Kier alpha value is -3.28. The summed E-state index contributed by atoms with van der Waals surface area (Å²) in [5.41, 5.74) is 1.01. The van der Waals surface area contributed by atoms with Crippen LogP contribution in [-0.4, -0.2) is 23.6 Å². The molecule has 0 atom stereocenters. The number of urea groups is 1. The van der Waals surface area contributed by atoms with E-state index < -0.39 is 23.3 Å². The zero-order chi connectivity index (χ0) is 19.4. The number of rotatable bonds is 6. The molecule has 1 saturated heterocycles. The lowest BCUT2D eigenvalue weighted by Crippen LogP contribution is -2.61. The van der Waals surface area contributed by atoms with Crippen molar-refractivity contribution >= 4 is 23.6 Å². The predicted octanol–water partition coefficient (Wildman–Crippen LogP) is 2.61. The van der Waals surface area contributed by atoms with Crippen LogP contribution in [0.4, 0.5) is 4.79 Å². The third-order valence-corrected chi connectivity index (χ3v) is 4.85. The van der Waals surface area contributed by atoms with Crippen molar-refractivity contribution in [2.45, 2.75) is 26.2 Å². The van der Waals surface area contributed by atoms with Gasteiger partial charge >= 0.3 is 6.03 Å². The van der Waals surface area contributed by atoms with E-state index in [1.807, 2.05) is 30.3 Å². The molecular weight excluding hydrogens is 344 g/mol. The third kappa shape index (κ3) is 3.95. The maximum atomic E-state index is 12.4. The molecule has 0 bridgehead atoms. The van der Waals surface area contributed by atoms with Gasteiger partial charge in [-0.05, 0) is 31.7 Å². The minimum absolute atomic E-state index is 0.0325. The molecule has 6 heteroatoms. The number of benzene rings is 2. The summed E-state index contributed by atoms with van der Waals surface area (Å²) in [7, 11) is 0. The summed E-state index contributed by atoms with van der Waals surface area (Å²) in [6, 6.07) is 15.6. The van der Waals surface area contributed by atoms with Crippen molar-refractivity contribution in [3.8, 4) is 0 Å². The highest BCUT2D eigenvalue weighted by molar-refractivity contribution is 6.18. The Balaban J connectivity index is 1.59. The fraction of sp³-hybridized carbons (Fsp3) is 0.238. The lowest BCUT2D eigenvalue weighted by molar-refractivity contribution is -0.143. The second kappa shape index (κ2) is 7.53. The highest BCUT2D eigenvalue weighted by Gasteiger charge is 2.45. The number of ketones is 1. The van der Waals surface area contributed by atoms with Crippen LogP contribution < -0.4 is 10.6 Å². The second-order valence-electron chi connectivity index (χ2n) is 6.82. The summed E-state index contributed by atoms with van der Waals surface area (Å²) >= 11 is 0. The van der Waals surface area contributed by atoms with Crippen LogP contribution in [0.1, 0.15) is 41.3 Å². The molecule has 1 aliphatic rings. The van der Waals surface area contributed by atoms with Gasteiger partial charge < -0.3 is 0 Å². The Bertz CT molecular complexity index is 868. The minimum atomic E-state index is -1.25. The zero-order valence-electron chi connectivity index (χ0n) is 15.0. The van der Waals surface area contributed by atoms with E-state index in [1.165, 1.54) is 6.92 Å². The number of barbiturate groups is 1. The average Bonchev–Trinajstić information content (AvgIpc) is 2.67. The third-order valence-electron chi connectivity index (χ3n) is 4.85. The molecule has 3 rings (SSSR count). The SMILES string of the molecule is CC1(CCCc2ccc(C(=O)c3ccccc3)cc2)C(=O)NC(=O)NC1=O. The lowest BCUT2D eigenvalue weighted by atomic mass is 9.81. The Morgan fingerprint density at radius 1 is 0.852 bits per heavy atom. The minimum Gasteiger partial charge on any atom is -0.289 e. The molecule has 1 fully saturated rings. The molecule has 0 spiro atoms. The highest BCUT2D eigenvalue weighted by Crippen LogP contribution is 2.27. The van der Waals surface area contributed by atoms with E-state index in [-0.39, 0.29) is 5.78 Å². The number of imide groups is 2. The van der Waals surface area contributed by atoms with Gasteiger partial charge in [-0.15, -0.1) is 0 Å². The maximum absolute atomic E-state index is 12.4. The van der Waals surface area contributed by atoms with E-state index in [2.05, 4.69) is 10.6 Å². The molecule has 0 aliphatic carbocycles. The summed E-state index contributed by atoms with van der Waals surface area (Å²) in [4.78, 5) is 47.6. The molecule has 2 aromatic rings. The number of aryl methyl sites for hydroxylation is 1. The van der Waals surface area contributed by atoms with Crippen molar-refractivity contribution in [3.05, 3.63) is 71.3 Å². The van der Waals surface area contributed by atoms with Crippen molar-refractivity contribution in [3.63, 3.8) is 0 Å². The molecule has 0 radical (unpaired) electrons. The molecule has 138 valence electrons. The summed E-state index contributed by atoms with van der Waals surface area (Å²) in [5, 5.41) is 4.27. The first-order valence-corrected chi connectivity index (χ1v) is 8.76. The summed E-state index contributed by atoms with van der Waals surface area (Å²) in [6.07, 6.45) is 1.57. The second-order valence-corrected chi connectivity index (χ2v) is 6.82. The first-order valence-electron chi connectivity index (χ1n) is 8.76. The molecule has 1 heterocycles. The Kier molecular flexibility index (Phi) is 5.16. The van der Waals surface area contributed by atoms with Crippen molar-refractivity contribution in [2.24, 2.45) is 5.41 Å². The van der Waals surface area contributed by atoms with Crippen LogP contribution in [0.5, 0.6) is 0 Å². The van der Waals surface area contributed by atoms with E-state index in [9.17, 15) is 19.2 Å². The van der Waals surface area contributed by atoms with Gasteiger partial charge in [0, 0.05) is 11.1 Å². The van der Waals surface area contributed by atoms with Crippen molar-refractivity contribution in [1.82, 2.24) is 10.6 Å². The Morgan fingerprint density at radius 3 is 2.00 bits per heavy atom. The fourth-order valence-corrected chi connectivity index (χ4v) is 3.07. The number of nitrogens with one attached hydrogen (secondary N) is 2. The summed E-state index contributed by atoms with van der Waals surface area (Å²) < 4.78 is 0. The van der Waals surface area contributed by atoms with Crippen LogP contribution in [0.25, 0.3) is 0 Å². The molecule has 0 saturated carbocycles. The van der Waals surface area contributed by atoms with E-state index in [4.69, 9.17) is 0 Å². The molecule has 2 N–H and O–H groups in total. The Morgan fingerprint density at radius 2 is 1.41 bits per heavy atom. The van der Waals surface area contributed by atoms with Gasteiger partial charge in [0.1, 0.15) is 5.41 Å². The van der Waals surface area contributed by atoms with Crippen LogP contribution >= 0.6 is 0 Å². The number of carbonyl (C=O) groups is 4. The topological polar surface area (TPSA) is 92.3 Å². The Labute approximate surface area is 157 Å². The summed E-state index contributed by atoms with van der Waals surface area (Å²) in [6.45, 7) is 1.53. The number of amides is 4. The van der Waals surface area contributed by atoms with Crippen molar-refractivity contribution in [2.75, 3.05) is 0 Å². The largest absolute Gasteiger partial charge is 0.328 e. The molecule has 27 heavy (non-hydrogen) atoms. The van der Waals surface area contributed by atoms with E-state index in [1.54, 1.807) is 24.3 Å². The molecule has 0 aromatic heterocycles. The van der Waals surface area contributed by atoms with Crippen molar-refractivity contribution in [1.29, 1.82) is 0 Å². The predicted molar refractivity (Wildman–Crippen MR) is 99.0 cm³/mol. The van der Waals surface area contributed by atoms with Crippen LogP contribution in [0.15, 0.2) is 54.6 Å². The smallest absolute Gasteiger partial charge is 0.289 e. The van der Waals surface area contributed by atoms with E-state index >= 15 is 0 Å². The van der Waals surface area contributed by atoms with Crippen LogP contribution in [0, 0.1) is 5.41 Å². The number of carbonyl (C=O) groups excluding carboxylic acids is 4. The molecule has 4 amide bonds. The monoisotopic (exact) mass is 364 g/mol. The van der Waals surface area contributed by atoms with Gasteiger partial charge in [0.05, 0.1) is 0 Å². The zero-order valence-corrected chi connectivity index (χ0v) is 15.0. The average molecular weight is 364 g/mol. The van der Waals surface area contributed by atoms with Gasteiger partial charge in [-0.25, -0.2) is 4.79 Å². The lowest BCUT2D eigenvalue weighted by Gasteiger charge is -2.30. The summed E-state index contributed by atoms with van der Waals surface area (Å²) in [5.74, 6) is -1.17. The highest BCUT2D eigenvalue weighted by atomic mass is 16.2. The number of hydrogen-bond donors (Lipinski definition) is 2. The quantitative estimate of drug-likeness (QED) is 0.609. The van der Waals surface area contributed by atoms with Gasteiger partial charge in [-0.2, -0.15) is 0 Å². The normalized spacial score (nSPS) is 15.8. The maximum Gasteiger partial charge on any atom is 0.328 e. The first kappa shape index (κ1) is 18.5. The number of hydrogen-bond acceptors (Lipinski definition) is 4. The fourth-order valence-electron chi connectivity index (χ4n) is 3.07. The molecular formula is C21H20N2O4. The van der Waals surface area contributed by atoms with E-state index in [0.717, 1.165) is 5.56 Å². The molecule has 1 aliphatic heterocycles. The van der Waals surface area contributed by atoms with Gasteiger partial charge in [-0.1, -0.05) is 54.6 Å². The van der Waals surface area contributed by atoms with Crippen LogP contribution in [0.3, 0.4) is 0 Å². The molecule has 2 aromatic carbocycles. The van der Waals surface area contributed by atoms with Gasteiger partial charge in [0.25, 0.3) is 0 Å². The van der Waals surface area contributed by atoms with Gasteiger partial charge in [0.2, 0.25) is 11.8 Å². The van der Waals surface area contributed by atoms with Gasteiger partial charge in [-0.3, -0.25) is 25.0 Å².